The molecule has 2 rings (SSSR count). The van der Waals surface area contributed by atoms with E-state index in [1.165, 1.54) is 36.8 Å². The largest absolute Gasteiger partial charge is 0.314 e. The van der Waals surface area contributed by atoms with Gasteiger partial charge >= 0.3 is 0 Å². The molecule has 3 heteroatoms. The maximum atomic E-state index is 4.19. The molecule has 0 amide bonds. The second-order valence-corrected chi connectivity index (χ2v) is 6.00. The van der Waals surface area contributed by atoms with Gasteiger partial charge in [0.2, 0.25) is 0 Å². The van der Waals surface area contributed by atoms with Crippen molar-refractivity contribution in [2.24, 2.45) is 0 Å². The van der Waals surface area contributed by atoms with E-state index in [1.807, 2.05) is 18.5 Å². The molecule has 0 saturated carbocycles. The summed E-state index contributed by atoms with van der Waals surface area (Å²) in [6.45, 7) is 3.34. The van der Waals surface area contributed by atoms with Gasteiger partial charge in [-0.3, -0.25) is 4.98 Å². The lowest BCUT2D eigenvalue weighted by atomic mass is 10.0. The topological polar surface area (TPSA) is 24.9 Å². The van der Waals surface area contributed by atoms with Crippen LogP contribution >= 0.6 is 11.3 Å². The molecule has 1 N–H and O–H groups in total. The SMILES string of the molecule is CCCNC(CCc1cccnc1)CCc1ccsc1. The Labute approximate surface area is 126 Å². The van der Waals surface area contributed by atoms with Gasteiger partial charge in [0.05, 0.1) is 0 Å². The van der Waals surface area contributed by atoms with Crippen molar-refractivity contribution in [2.75, 3.05) is 6.54 Å². The third-order valence-electron chi connectivity index (χ3n) is 3.55. The van der Waals surface area contributed by atoms with Crippen LogP contribution in [0, 0.1) is 0 Å². The highest BCUT2D eigenvalue weighted by molar-refractivity contribution is 7.07. The minimum atomic E-state index is 0.607. The van der Waals surface area contributed by atoms with Crippen molar-refractivity contribution in [3.8, 4) is 0 Å². The van der Waals surface area contributed by atoms with Crippen LogP contribution in [0.4, 0.5) is 0 Å². The standard InChI is InChI=1S/C17H24N2S/c1-2-10-19-17(8-6-16-9-12-20-14-16)7-5-15-4-3-11-18-13-15/h3-4,9,11-14,17,19H,2,5-8,10H2,1H3. The summed E-state index contributed by atoms with van der Waals surface area (Å²) in [4.78, 5) is 4.19. The average molecular weight is 288 g/mol. The first-order valence-electron chi connectivity index (χ1n) is 7.52. The summed E-state index contributed by atoms with van der Waals surface area (Å²) >= 11 is 1.79. The first-order valence-corrected chi connectivity index (χ1v) is 8.46. The van der Waals surface area contributed by atoms with Crippen LogP contribution in [0.1, 0.15) is 37.3 Å². The number of hydrogen-bond donors (Lipinski definition) is 1. The van der Waals surface area contributed by atoms with E-state index in [9.17, 15) is 0 Å². The van der Waals surface area contributed by atoms with E-state index in [0.29, 0.717) is 6.04 Å². The molecule has 2 nitrogen and oxygen atoms in total. The maximum Gasteiger partial charge on any atom is 0.0299 e. The van der Waals surface area contributed by atoms with Crippen LogP contribution < -0.4 is 5.32 Å². The average Bonchev–Trinajstić information content (AvgIpc) is 3.01. The molecule has 0 aliphatic carbocycles. The van der Waals surface area contributed by atoms with Crippen LogP contribution in [-0.4, -0.2) is 17.6 Å². The summed E-state index contributed by atoms with van der Waals surface area (Å²) in [7, 11) is 0. The van der Waals surface area contributed by atoms with Crippen molar-refractivity contribution in [3.63, 3.8) is 0 Å². The number of aromatic nitrogens is 1. The molecular formula is C17H24N2S. The molecule has 2 heterocycles. The van der Waals surface area contributed by atoms with Gasteiger partial charge in [0.15, 0.2) is 0 Å². The van der Waals surface area contributed by atoms with Gasteiger partial charge in [0.25, 0.3) is 0 Å². The second kappa shape index (κ2) is 8.88. The molecule has 2 aromatic heterocycles. The molecule has 0 spiro atoms. The summed E-state index contributed by atoms with van der Waals surface area (Å²) in [6, 6.07) is 7.04. The van der Waals surface area contributed by atoms with Crippen LogP contribution in [0.2, 0.25) is 0 Å². The fourth-order valence-electron chi connectivity index (χ4n) is 2.36. The highest BCUT2D eigenvalue weighted by Crippen LogP contribution is 2.13. The molecule has 1 unspecified atom stereocenters. The zero-order valence-electron chi connectivity index (χ0n) is 12.2. The Bertz CT molecular complexity index is 453. The van der Waals surface area contributed by atoms with Crippen LogP contribution in [0.5, 0.6) is 0 Å². The fraction of sp³-hybridized carbons (Fsp3) is 0.471. The Morgan fingerprint density at radius 1 is 1.20 bits per heavy atom. The first-order chi connectivity index (χ1) is 9.88. The fourth-order valence-corrected chi connectivity index (χ4v) is 3.06. The van der Waals surface area contributed by atoms with E-state index < -0.39 is 0 Å². The smallest absolute Gasteiger partial charge is 0.0299 e. The molecule has 0 aliphatic rings. The lowest BCUT2D eigenvalue weighted by Crippen LogP contribution is -2.30. The molecule has 0 aromatic carbocycles. The van der Waals surface area contributed by atoms with Crippen molar-refractivity contribution in [1.29, 1.82) is 0 Å². The molecule has 0 saturated heterocycles. The summed E-state index contributed by atoms with van der Waals surface area (Å²) in [6.07, 6.45) is 9.72. The van der Waals surface area contributed by atoms with E-state index in [4.69, 9.17) is 0 Å². The van der Waals surface area contributed by atoms with Crippen LogP contribution in [0.3, 0.4) is 0 Å². The molecule has 2 aromatic rings. The zero-order valence-corrected chi connectivity index (χ0v) is 13.0. The van der Waals surface area contributed by atoms with Gasteiger partial charge in [-0.05, 0) is 72.7 Å². The Morgan fingerprint density at radius 2 is 2.05 bits per heavy atom. The molecule has 0 bridgehead atoms. The molecule has 0 radical (unpaired) electrons. The van der Waals surface area contributed by atoms with Gasteiger partial charge in [-0.25, -0.2) is 0 Å². The zero-order chi connectivity index (χ0) is 14.0. The Hall–Kier alpha value is -1.19. The summed E-state index contributed by atoms with van der Waals surface area (Å²) in [5.41, 5.74) is 2.81. The predicted octanol–water partition coefficient (Wildman–Crippen LogP) is 4.08. The quantitative estimate of drug-likeness (QED) is 0.752. The van der Waals surface area contributed by atoms with Crippen molar-refractivity contribution in [3.05, 3.63) is 52.5 Å². The van der Waals surface area contributed by atoms with E-state index in [-0.39, 0.29) is 0 Å². The van der Waals surface area contributed by atoms with E-state index in [2.05, 4.69) is 40.1 Å². The number of aryl methyl sites for hydroxylation is 2. The van der Waals surface area contributed by atoms with Gasteiger partial charge in [-0.1, -0.05) is 13.0 Å². The molecule has 0 fully saturated rings. The molecule has 0 aliphatic heterocycles. The lowest BCUT2D eigenvalue weighted by molar-refractivity contribution is 0.453. The van der Waals surface area contributed by atoms with Crippen molar-refractivity contribution in [1.82, 2.24) is 10.3 Å². The number of thiophene rings is 1. The molecule has 20 heavy (non-hydrogen) atoms. The van der Waals surface area contributed by atoms with Gasteiger partial charge < -0.3 is 5.32 Å². The summed E-state index contributed by atoms with van der Waals surface area (Å²) in [5.74, 6) is 0. The monoisotopic (exact) mass is 288 g/mol. The number of nitrogens with one attached hydrogen (secondary N) is 1. The Kier molecular flexibility index (Phi) is 6.75. The van der Waals surface area contributed by atoms with E-state index in [1.54, 1.807) is 11.3 Å². The van der Waals surface area contributed by atoms with Gasteiger partial charge in [-0.15, -0.1) is 0 Å². The van der Waals surface area contributed by atoms with E-state index in [0.717, 1.165) is 13.0 Å². The highest BCUT2D eigenvalue weighted by Gasteiger charge is 2.08. The van der Waals surface area contributed by atoms with Crippen LogP contribution in [0.25, 0.3) is 0 Å². The Balaban J connectivity index is 1.80. The maximum absolute atomic E-state index is 4.19. The van der Waals surface area contributed by atoms with Gasteiger partial charge in [-0.2, -0.15) is 11.3 Å². The summed E-state index contributed by atoms with van der Waals surface area (Å²) in [5, 5.41) is 8.11. The second-order valence-electron chi connectivity index (χ2n) is 5.22. The normalized spacial score (nSPS) is 12.4. The summed E-state index contributed by atoms with van der Waals surface area (Å²) < 4.78 is 0. The number of pyridine rings is 1. The number of rotatable bonds is 9. The molecule has 1 atom stereocenters. The van der Waals surface area contributed by atoms with Crippen LogP contribution in [0.15, 0.2) is 41.4 Å². The minimum absolute atomic E-state index is 0.607. The van der Waals surface area contributed by atoms with Crippen LogP contribution in [-0.2, 0) is 12.8 Å². The third kappa shape index (κ3) is 5.43. The van der Waals surface area contributed by atoms with Crippen molar-refractivity contribution >= 4 is 11.3 Å². The van der Waals surface area contributed by atoms with Crippen molar-refractivity contribution < 1.29 is 0 Å². The highest BCUT2D eigenvalue weighted by atomic mass is 32.1. The van der Waals surface area contributed by atoms with Gasteiger partial charge in [0.1, 0.15) is 0 Å². The molecular weight excluding hydrogens is 264 g/mol. The van der Waals surface area contributed by atoms with Gasteiger partial charge in [0, 0.05) is 18.4 Å². The Morgan fingerprint density at radius 3 is 2.70 bits per heavy atom. The van der Waals surface area contributed by atoms with Crippen molar-refractivity contribution in [2.45, 2.75) is 45.1 Å². The lowest BCUT2D eigenvalue weighted by Gasteiger charge is -2.18. The predicted molar refractivity (Wildman–Crippen MR) is 87.3 cm³/mol. The molecule has 108 valence electrons. The third-order valence-corrected chi connectivity index (χ3v) is 4.28. The minimum Gasteiger partial charge on any atom is -0.314 e. The first kappa shape index (κ1) is 15.2. The van der Waals surface area contributed by atoms with E-state index >= 15 is 0 Å². The number of nitrogens with zero attached hydrogens (tertiary/aromatic N) is 1. The number of hydrogen-bond acceptors (Lipinski definition) is 3.